The van der Waals surface area contributed by atoms with Crippen molar-refractivity contribution >= 4 is 45.4 Å². The molecular weight excluding hydrogens is 456 g/mol. The maximum atomic E-state index is 12.7. The van der Waals surface area contributed by atoms with Crippen molar-refractivity contribution in [3.05, 3.63) is 98.2 Å². The van der Waals surface area contributed by atoms with Gasteiger partial charge in [-0.15, -0.1) is 0 Å². The lowest BCUT2D eigenvalue weighted by Crippen LogP contribution is -2.08. The molecule has 0 bridgehead atoms. The average molecular weight is 470 g/mol. The van der Waals surface area contributed by atoms with Crippen molar-refractivity contribution in [1.82, 2.24) is 0 Å². The number of halogens is 2. The molecule has 1 aliphatic rings. The second-order valence-electron chi connectivity index (χ2n) is 6.50. The van der Waals surface area contributed by atoms with Crippen LogP contribution in [0.25, 0.3) is 6.08 Å². The van der Waals surface area contributed by atoms with E-state index in [1.54, 1.807) is 73.7 Å². The lowest BCUT2D eigenvalue weighted by atomic mass is 10.0. The number of hydrogen-bond acceptors (Lipinski definition) is 4. The monoisotopic (exact) mass is 468 g/mol. The molecule has 0 amide bonds. The van der Waals surface area contributed by atoms with Crippen LogP contribution in [0.3, 0.4) is 0 Å². The molecule has 0 radical (unpaired) electrons. The predicted molar refractivity (Wildman–Crippen MR) is 115 cm³/mol. The molecule has 4 rings (SSSR count). The molecule has 0 unspecified atom stereocenters. The topological polar surface area (TPSA) is 52.6 Å². The summed E-state index contributed by atoms with van der Waals surface area (Å²) in [5, 5.41) is 0.613. The minimum atomic E-state index is -0.488. The third-order valence-electron chi connectivity index (χ3n) is 4.40. The van der Waals surface area contributed by atoms with Crippen LogP contribution in [-0.2, 0) is 0 Å². The van der Waals surface area contributed by atoms with Gasteiger partial charge in [0, 0.05) is 15.6 Å². The van der Waals surface area contributed by atoms with Crippen LogP contribution in [0, 0.1) is 6.92 Å². The number of ketones is 1. The Hall–Kier alpha value is -2.89. The zero-order valence-electron chi connectivity index (χ0n) is 15.2. The van der Waals surface area contributed by atoms with Crippen LogP contribution in [0.4, 0.5) is 0 Å². The largest absolute Gasteiger partial charge is 0.452 e. The Labute approximate surface area is 180 Å². The van der Waals surface area contributed by atoms with Crippen LogP contribution in [0.2, 0.25) is 5.02 Å². The van der Waals surface area contributed by atoms with E-state index < -0.39 is 5.97 Å². The normalized spacial score (nSPS) is 13.9. The highest BCUT2D eigenvalue weighted by Crippen LogP contribution is 2.37. The van der Waals surface area contributed by atoms with Gasteiger partial charge in [0.15, 0.2) is 5.76 Å². The Bertz CT molecular complexity index is 1150. The van der Waals surface area contributed by atoms with E-state index in [1.165, 1.54) is 0 Å². The first kappa shape index (κ1) is 19.4. The van der Waals surface area contributed by atoms with Crippen molar-refractivity contribution in [2.24, 2.45) is 0 Å². The number of fused-ring (bicyclic) bond motifs is 1. The fraction of sp³-hybridized carbons (Fsp3) is 0.0435. The van der Waals surface area contributed by atoms with Crippen molar-refractivity contribution < 1.29 is 19.1 Å². The van der Waals surface area contributed by atoms with Crippen molar-refractivity contribution in [3.63, 3.8) is 0 Å². The lowest BCUT2D eigenvalue weighted by Gasteiger charge is -2.08. The first-order valence-electron chi connectivity index (χ1n) is 8.73. The second kappa shape index (κ2) is 7.85. The first-order chi connectivity index (χ1) is 13.9. The number of carbonyl (C=O) groups excluding carboxylic acids is 2. The van der Waals surface area contributed by atoms with Crippen LogP contribution in [-0.4, -0.2) is 11.8 Å². The summed E-state index contributed by atoms with van der Waals surface area (Å²) in [5.41, 5.74) is 2.36. The van der Waals surface area contributed by atoms with E-state index in [1.807, 2.05) is 0 Å². The van der Waals surface area contributed by atoms with Crippen molar-refractivity contribution in [3.8, 4) is 11.5 Å². The van der Waals surface area contributed by atoms with Crippen LogP contribution < -0.4 is 9.47 Å². The van der Waals surface area contributed by atoms with E-state index >= 15 is 0 Å². The molecule has 0 N–H and O–H groups in total. The standard InChI is InChI=1S/C23H14BrClO4/c1-13-10-18(28-23(27)15-4-6-16(24)7-5-15)12-19-21(13)22(26)20(29-19)11-14-2-8-17(25)9-3-14/h2-12H,1H3/b20-11-. The Balaban J connectivity index is 1.59. The molecule has 1 heterocycles. The predicted octanol–water partition coefficient (Wildman–Crippen LogP) is 6.25. The molecule has 0 atom stereocenters. The van der Waals surface area contributed by atoms with Crippen LogP contribution >= 0.6 is 27.5 Å². The molecule has 0 saturated carbocycles. The third-order valence-corrected chi connectivity index (χ3v) is 5.18. The molecular formula is C23H14BrClO4. The minimum absolute atomic E-state index is 0.210. The number of ether oxygens (including phenoxy) is 2. The van der Waals surface area contributed by atoms with Crippen LogP contribution in [0.15, 0.2) is 70.9 Å². The Morgan fingerprint density at radius 1 is 1.07 bits per heavy atom. The van der Waals surface area contributed by atoms with Gasteiger partial charge in [0.05, 0.1) is 11.1 Å². The number of benzene rings is 3. The molecule has 1 aliphatic heterocycles. The highest BCUT2D eigenvalue weighted by molar-refractivity contribution is 9.10. The number of aryl methyl sites for hydroxylation is 1. The van der Waals surface area contributed by atoms with Crippen molar-refractivity contribution in [2.75, 3.05) is 0 Å². The summed E-state index contributed by atoms with van der Waals surface area (Å²) in [6.07, 6.45) is 1.66. The van der Waals surface area contributed by atoms with Gasteiger partial charge in [-0.2, -0.15) is 0 Å². The van der Waals surface area contributed by atoms with Gasteiger partial charge in [-0.25, -0.2) is 4.79 Å². The third kappa shape index (κ3) is 4.11. The molecule has 6 heteroatoms. The Kier molecular flexibility index (Phi) is 5.26. The van der Waals surface area contributed by atoms with E-state index in [-0.39, 0.29) is 11.5 Å². The summed E-state index contributed by atoms with van der Waals surface area (Å²) < 4.78 is 12.1. The molecule has 0 aliphatic carbocycles. The molecule has 29 heavy (non-hydrogen) atoms. The van der Waals surface area contributed by atoms with Crippen molar-refractivity contribution in [2.45, 2.75) is 6.92 Å². The molecule has 3 aromatic rings. The van der Waals surface area contributed by atoms with Gasteiger partial charge in [-0.3, -0.25) is 4.79 Å². The quantitative estimate of drug-likeness (QED) is 0.259. The summed E-state index contributed by atoms with van der Waals surface area (Å²) in [6, 6.07) is 17.2. The first-order valence-corrected chi connectivity index (χ1v) is 9.90. The van der Waals surface area contributed by atoms with Crippen molar-refractivity contribution in [1.29, 1.82) is 0 Å². The maximum absolute atomic E-state index is 12.7. The Morgan fingerprint density at radius 2 is 1.76 bits per heavy atom. The number of esters is 1. The summed E-state index contributed by atoms with van der Waals surface area (Å²) in [5.74, 6) is 0.196. The van der Waals surface area contributed by atoms with Gasteiger partial charge in [0.25, 0.3) is 0 Å². The average Bonchev–Trinajstić information content (AvgIpc) is 3.00. The second-order valence-corrected chi connectivity index (χ2v) is 7.85. The van der Waals surface area contributed by atoms with E-state index in [2.05, 4.69) is 15.9 Å². The van der Waals surface area contributed by atoms with Gasteiger partial charge in [-0.05, 0) is 66.6 Å². The zero-order valence-corrected chi connectivity index (χ0v) is 17.6. The van der Waals surface area contributed by atoms with Gasteiger partial charge < -0.3 is 9.47 Å². The van der Waals surface area contributed by atoms with E-state index in [0.29, 0.717) is 33.2 Å². The van der Waals surface area contributed by atoms with E-state index in [0.717, 1.165) is 10.0 Å². The molecule has 4 nitrogen and oxygen atoms in total. The highest BCUT2D eigenvalue weighted by Gasteiger charge is 2.30. The minimum Gasteiger partial charge on any atom is -0.452 e. The molecule has 0 spiro atoms. The Morgan fingerprint density at radius 3 is 2.45 bits per heavy atom. The van der Waals surface area contributed by atoms with Crippen LogP contribution in [0.1, 0.15) is 31.8 Å². The number of rotatable bonds is 3. The molecule has 0 fully saturated rings. The molecule has 0 saturated heterocycles. The van der Waals surface area contributed by atoms with Gasteiger partial charge in [0.2, 0.25) is 5.78 Å². The zero-order chi connectivity index (χ0) is 20.5. The van der Waals surface area contributed by atoms with Gasteiger partial charge in [-0.1, -0.05) is 39.7 Å². The van der Waals surface area contributed by atoms with Crippen LogP contribution in [0.5, 0.6) is 11.5 Å². The van der Waals surface area contributed by atoms with Gasteiger partial charge >= 0.3 is 5.97 Å². The fourth-order valence-electron chi connectivity index (χ4n) is 3.00. The number of Topliss-reactive ketones (excluding diaryl/α,β-unsaturated/α-hetero) is 1. The number of carbonyl (C=O) groups is 2. The molecule has 144 valence electrons. The maximum Gasteiger partial charge on any atom is 0.343 e. The SMILES string of the molecule is Cc1cc(OC(=O)c2ccc(Br)cc2)cc2c1C(=O)/C(=C/c1ccc(Cl)cc1)O2. The summed E-state index contributed by atoms with van der Waals surface area (Å²) in [6.45, 7) is 1.78. The summed E-state index contributed by atoms with van der Waals surface area (Å²) in [4.78, 5) is 25.1. The highest BCUT2D eigenvalue weighted by atomic mass is 79.9. The fourth-order valence-corrected chi connectivity index (χ4v) is 3.39. The summed E-state index contributed by atoms with van der Waals surface area (Å²) >= 11 is 9.23. The van der Waals surface area contributed by atoms with Gasteiger partial charge in [0.1, 0.15) is 11.5 Å². The summed E-state index contributed by atoms with van der Waals surface area (Å²) in [7, 11) is 0. The molecule has 0 aromatic heterocycles. The smallest absolute Gasteiger partial charge is 0.343 e. The number of allylic oxidation sites excluding steroid dienone is 1. The van der Waals surface area contributed by atoms with E-state index in [9.17, 15) is 9.59 Å². The lowest BCUT2D eigenvalue weighted by molar-refractivity contribution is 0.0734. The number of hydrogen-bond donors (Lipinski definition) is 0. The molecule has 3 aromatic carbocycles. The van der Waals surface area contributed by atoms with E-state index in [4.69, 9.17) is 21.1 Å².